The summed E-state index contributed by atoms with van der Waals surface area (Å²) in [6, 6.07) is 13.0. The van der Waals surface area contributed by atoms with Crippen molar-refractivity contribution in [3.8, 4) is 23.6 Å². The standard InChI is InChI=1S/C30H28ClFN6O2/c1-3-23(8-5-6-11-32)34-27-20-33-30(36-24-9-7-10-26(19-24)38-12-14-40-15-13-38)37-29(27)21-16-22(31)18-25(17-21)35-28(39)4-2/h1,4-10,16-20,34H,2,11-15H2,(H,35,39)(H,33,36,37)/b6-5-,23-8+. The molecule has 2 aromatic carbocycles. The van der Waals surface area contributed by atoms with Gasteiger partial charge >= 0.3 is 0 Å². The van der Waals surface area contributed by atoms with Crippen LogP contribution < -0.4 is 20.9 Å². The number of benzene rings is 2. The van der Waals surface area contributed by atoms with Crippen LogP contribution in [-0.4, -0.2) is 48.9 Å². The Bertz CT molecular complexity index is 1480. The number of nitrogens with one attached hydrogen (secondary N) is 3. The maximum atomic E-state index is 12.5. The van der Waals surface area contributed by atoms with Crippen LogP contribution in [0.5, 0.6) is 0 Å². The number of anilines is 5. The second-order valence-electron chi connectivity index (χ2n) is 8.58. The van der Waals surface area contributed by atoms with E-state index in [1.807, 2.05) is 24.3 Å². The van der Waals surface area contributed by atoms with Crippen LogP contribution in [0.2, 0.25) is 5.02 Å². The Balaban J connectivity index is 1.71. The summed E-state index contributed by atoms with van der Waals surface area (Å²) in [5, 5.41) is 9.49. The summed E-state index contributed by atoms with van der Waals surface area (Å²) in [4.78, 5) is 23.4. The molecule has 3 N–H and O–H groups in total. The highest BCUT2D eigenvalue weighted by Gasteiger charge is 2.15. The number of carbonyl (C=O) groups excluding carboxylic acids is 1. The second-order valence-corrected chi connectivity index (χ2v) is 9.02. The summed E-state index contributed by atoms with van der Waals surface area (Å²) in [6.45, 7) is 5.87. The fraction of sp³-hybridized carbons (Fsp3) is 0.167. The van der Waals surface area contributed by atoms with E-state index in [1.54, 1.807) is 30.5 Å². The Hall–Kier alpha value is -4.65. The van der Waals surface area contributed by atoms with Gasteiger partial charge < -0.3 is 25.6 Å². The Kier molecular flexibility index (Phi) is 9.88. The van der Waals surface area contributed by atoms with Crippen LogP contribution in [0.3, 0.4) is 0 Å². The van der Waals surface area contributed by atoms with Crippen LogP contribution >= 0.6 is 11.6 Å². The maximum Gasteiger partial charge on any atom is 0.247 e. The highest BCUT2D eigenvalue weighted by molar-refractivity contribution is 6.31. The first-order chi connectivity index (χ1) is 19.5. The quantitative estimate of drug-likeness (QED) is 0.161. The van der Waals surface area contributed by atoms with Crippen molar-refractivity contribution >= 4 is 46.2 Å². The van der Waals surface area contributed by atoms with Crippen molar-refractivity contribution in [1.82, 2.24) is 9.97 Å². The van der Waals surface area contributed by atoms with Gasteiger partial charge in [0.05, 0.1) is 36.5 Å². The number of carbonyl (C=O) groups is 1. The number of morpholine rings is 1. The van der Waals surface area contributed by atoms with E-state index in [9.17, 15) is 9.18 Å². The van der Waals surface area contributed by atoms with Crippen molar-refractivity contribution in [2.45, 2.75) is 0 Å². The summed E-state index contributed by atoms with van der Waals surface area (Å²) in [5.41, 5.74) is 4.25. The average Bonchev–Trinajstić information content (AvgIpc) is 2.97. The summed E-state index contributed by atoms with van der Waals surface area (Å²) in [6.07, 6.45) is 12.8. The first-order valence-corrected chi connectivity index (χ1v) is 12.8. The Morgan fingerprint density at radius 3 is 2.77 bits per heavy atom. The van der Waals surface area contributed by atoms with E-state index in [0.717, 1.165) is 24.5 Å². The fourth-order valence-electron chi connectivity index (χ4n) is 3.96. The van der Waals surface area contributed by atoms with Crippen LogP contribution in [0.15, 0.2) is 85.2 Å². The molecule has 0 spiro atoms. The van der Waals surface area contributed by atoms with Gasteiger partial charge in [-0.1, -0.05) is 42.3 Å². The van der Waals surface area contributed by atoms with Crippen LogP contribution in [0.4, 0.5) is 33.1 Å². The molecular weight excluding hydrogens is 531 g/mol. The summed E-state index contributed by atoms with van der Waals surface area (Å²) >= 11 is 6.40. The van der Waals surface area contributed by atoms with Gasteiger partial charge in [0, 0.05) is 40.7 Å². The van der Waals surface area contributed by atoms with Gasteiger partial charge in [0.2, 0.25) is 11.9 Å². The molecular formula is C30H28ClFN6O2. The maximum absolute atomic E-state index is 12.5. The lowest BCUT2D eigenvalue weighted by Crippen LogP contribution is -2.36. The molecule has 2 heterocycles. The van der Waals surface area contributed by atoms with Gasteiger partial charge in [-0.05, 0) is 48.6 Å². The topological polar surface area (TPSA) is 91.4 Å². The molecule has 1 aliphatic rings. The number of alkyl halides is 1. The van der Waals surface area contributed by atoms with Crippen molar-refractivity contribution < 1.29 is 13.9 Å². The number of amides is 1. The molecule has 0 atom stereocenters. The summed E-state index contributed by atoms with van der Waals surface area (Å²) in [7, 11) is 0. The summed E-state index contributed by atoms with van der Waals surface area (Å²) < 4.78 is 18.0. The highest BCUT2D eigenvalue weighted by atomic mass is 35.5. The van der Waals surface area contributed by atoms with Gasteiger partial charge in [-0.3, -0.25) is 4.79 Å². The molecule has 1 amide bonds. The lowest BCUT2D eigenvalue weighted by molar-refractivity contribution is -0.111. The molecule has 1 saturated heterocycles. The number of hydrogen-bond donors (Lipinski definition) is 3. The zero-order valence-corrected chi connectivity index (χ0v) is 22.4. The molecule has 204 valence electrons. The molecule has 40 heavy (non-hydrogen) atoms. The summed E-state index contributed by atoms with van der Waals surface area (Å²) in [5.74, 6) is 2.49. The van der Waals surface area contributed by atoms with E-state index in [2.05, 4.69) is 38.3 Å². The molecule has 1 aliphatic heterocycles. The van der Waals surface area contributed by atoms with Gasteiger partial charge in [0.15, 0.2) is 0 Å². The number of hydrogen-bond acceptors (Lipinski definition) is 7. The van der Waals surface area contributed by atoms with Gasteiger partial charge in [-0.2, -0.15) is 0 Å². The molecule has 0 radical (unpaired) electrons. The molecule has 1 fully saturated rings. The minimum absolute atomic E-state index is 0.333. The second kappa shape index (κ2) is 13.9. The number of allylic oxidation sites excluding steroid dienone is 4. The fourth-order valence-corrected chi connectivity index (χ4v) is 4.20. The van der Waals surface area contributed by atoms with E-state index in [0.29, 0.717) is 52.5 Å². The minimum Gasteiger partial charge on any atom is -0.378 e. The first kappa shape index (κ1) is 28.4. The molecule has 1 aromatic heterocycles. The lowest BCUT2D eigenvalue weighted by Gasteiger charge is -2.29. The number of halogens is 2. The smallest absolute Gasteiger partial charge is 0.247 e. The number of aromatic nitrogens is 2. The lowest BCUT2D eigenvalue weighted by atomic mass is 10.1. The zero-order valence-electron chi connectivity index (χ0n) is 21.7. The predicted molar refractivity (Wildman–Crippen MR) is 160 cm³/mol. The molecule has 10 heteroatoms. The Labute approximate surface area is 237 Å². The SMILES string of the molecule is C#C/C(=C\C=C/CF)Nc1cnc(Nc2cccc(N3CCOCC3)c2)nc1-c1cc(Cl)cc(NC(=O)C=C)c1. The number of nitrogens with zero attached hydrogens (tertiary/aromatic N) is 3. The van der Waals surface area contributed by atoms with Crippen LogP contribution in [0.1, 0.15) is 0 Å². The van der Waals surface area contributed by atoms with Crippen molar-refractivity contribution in [3.05, 3.63) is 90.3 Å². The molecule has 0 aliphatic carbocycles. The normalized spacial score (nSPS) is 13.5. The number of ether oxygens (including phenoxy) is 1. The monoisotopic (exact) mass is 558 g/mol. The third kappa shape index (κ3) is 7.69. The zero-order chi connectivity index (χ0) is 28.3. The predicted octanol–water partition coefficient (Wildman–Crippen LogP) is 5.96. The Morgan fingerprint density at radius 1 is 1.20 bits per heavy atom. The van der Waals surface area contributed by atoms with E-state index in [1.165, 1.54) is 18.2 Å². The largest absolute Gasteiger partial charge is 0.378 e. The van der Waals surface area contributed by atoms with Crippen molar-refractivity contribution in [3.63, 3.8) is 0 Å². The van der Waals surface area contributed by atoms with E-state index < -0.39 is 6.67 Å². The van der Waals surface area contributed by atoms with E-state index in [4.69, 9.17) is 27.7 Å². The third-order valence-corrected chi connectivity index (χ3v) is 6.02. The van der Waals surface area contributed by atoms with Gasteiger partial charge in [0.25, 0.3) is 0 Å². The average molecular weight is 559 g/mol. The molecule has 0 unspecified atom stereocenters. The molecule has 3 aromatic rings. The van der Waals surface area contributed by atoms with Crippen LogP contribution in [-0.2, 0) is 9.53 Å². The molecule has 8 nitrogen and oxygen atoms in total. The van der Waals surface area contributed by atoms with E-state index >= 15 is 0 Å². The van der Waals surface area contributed by atoms with Gasteiger partial charge in [-0.15, -0.1) is 6.42 Å². The molecule has 0 saturated carbocycles. The first-order valence-electron chi connectivity index (χ1n) is 12.5. The number of terminal acetylenes is 1. The van der Waals surface area contributed by atoms with Crippen molar-refractivity contribution in [2.75, 3.05) is 53.8 Å². The van der Waals surface area contributed by atoms with Crippen molar-refractivity contribution in [2.24, 2.45) is 0 Å². The third-order valence-electron chi connectivity index (χ3n) is 5.80. The van der Waals surface area contributed by atoms with Gasteiger partial charge in [-0.25, -0.2) is 14.4 Å². The van der Waals surface area contributed by atoms with Crippen LogP contribution in [0, 0.1) is 12.3 Å². The van der Waals surface area contributed by atoms with Gasteiger partial charge in [0.1, 0.15) is 6.67 Å². The highest BCUT2D eigenvalue weighted by Crippen LogP contribution is 2.33. The Morgan fingerprint density at radius 2 is 2.02 bits per heavy atom. The minimum atomic E-state index is -0.614. The molecule has 0 bridgehead atoms. The van der Waals surface area contributed by atoms with Crippen LogP contribution in [0.25, 0.3) is 11.3 Å². The molecule has 4 rings (SSSR count). The number of rotatable bonds is 10. The van der Waals surface area contributed by atoms with Crippen molar-refractivity contribution in [1.29, 1.82) is 0 Å². The van der Waals surface area contributed by atoms with E-state index in [-0.39, 0.29) is 5.91 Å².